The molecule has 0 aliphatic rings. The van der Waals surface area contributed by atoms with Gasteiger partial charge in [0, 0.05) is 18.8 Å². The van der Waals surface area contributed by atoms with Crippen molar-refractivity contribution in [3.8, 4) is 5.75 Å². The zero-order valence-electron chi connectivity index (χ0n) is 10.0. The Morgan fingerprint density at radius 3 is 3.00 bits per heavy atom. The van der Waals surface area contributed by atoms with Gasteiger partial charge in [-0.05, 0) is 18.6 Å². The van der Waals surface area contributed by atoms with Crippen LogP contribution in [0.25, 0.3) is 0 Å². The smallest absolute Gasteiger partial charge is 0.273 e. The number of nitrogens with one attached hydrogen (secondary N) is 1. The first-order valence-electron chi connectivity index (χ1n) is 5.84. The summed E-state index contributed by atoms with van der Waals surface area (Å²) in [5, 5.41) is 12.3. The summed E-state index contributed by atoms with van der Waals surface area (Å²) in [6.07, 6.45) is 4.38. The molecule has 0 bridgehead atoms. The molecule has 1 rings (SSSR count). The fraction of sp³-hybridized carbons (Fsp3) is 0.500. The molecule has 94 valence electrons. The third-order valence-corrected chi connectivity index (χ3v) is 2.53. The van der Waals surface area contributed by atoms with Crippen LogP contribution in [0.1, 0.15) is 36.7 Å². The number of pyridine rings is 1. The number of rotatable bonds is 6. The summed E-state index contributed by atoms with van der Waals surface area (Å²) in [6, 6.07) is 2.94. The van der Waals surface area contributed by atoms with Crippen molar-refractivity contribution in [1.82, 2.24) is 10.3 Å². The molecular formula is C12H19N3O2. The highest BCUT2D eigenvalue weighted by Gasteiger charge is 2.15. The minimum absolute atomic E-state index is 0.0439. The van der Waals surface area contributed by atoms with Gasteiger partial charge >= 0.3 is 0 Å². The number of nitrogens with two attached hydrogens (primary N) is 1. The molecule has 0 aromatic carbocycles. The summed E-state index contributed by atoms with van der Waals surface area (Å²) in [5.41, 5.74) is 5.62. The second kappa shape index (κ2) is 6.85. The Labute approximate surface area is 101 Å². The number of carbonyl (C=O) groups excluding carboxylic acids is 1. The number of carbonyl (C=O) groups is 1. The maximum Gasteiger partial charge on any atom is 0.273 e. The number of nitrogens with zero attached hydrogens (tertiary/aromatic N) is 1. The molecule has 0 radical (unpaired) electrons. The lowest BCUT2D eigenvalue weighted by atomic mass is 10.1. The van der Waals surface area contributed by atoms with E-state index in [0.29, 0.717) is 6.54 Å². The molecule has 1 aromatic rings. The fourth-order valence-corrected chi connectivity index (χ4v) is 1.52. The molecule has 0 aliphatic carbocycles. The van der Waals surface area contributed by atoms with Gasteiger partial charge in [-0.2, -0.15) is 0 Å². The molecule has 0 aliphatic heterocycles. The van der Waals surface area contributed by atoms with Gasteiger partial charge in [-0.25, -0.2) is 4.98 Å². The Hall–Kier alpha value is -1.62. The molecule has 5 heteroatoms. The van der Waals surface area contributed by atoms with Gasteiger partial charge in [0.05, 0.1) is 0 Å². The van der Waals surface area contributed by atoms with E-state index in [2.05, 4.69) is 17.2 Å². The van der Waals surface area contributed by atoms with E-state index in [9.17, 15) is 9.90 Å². The van der Waals surface area contributed by atoms with Crippen LogP contribution in [0.3, 0.4) is 0 Å². The standard InChI is InChI=1S/C12H19N3O2/c1-2-3-5-9(8-13)15-12(17)11-10(16)6-4-7-14-11/h4,6-7,9,16H,2-3,5,8,13H2,1H3,(H,15,17). The van der Waals surface area contributed by atoms with Crippen LogP contribution in [0.4, 0.5) is 0 Å². The number of aromatic hydroxyl groups is 1. The van der Waals surface area contributed by atoms with Gasteiger partial charge in [-0.1, -0.05) is 19.8 Å². The second-order valence-electron chi connectivity index (χ2n) is 3.92. The highest BCUT2D eigenvalue weighted by atomic mass is 16.3. The third kappa shape index (κ3) is 4.03. The van der Waals surface area contributed by atoms with E-state index in [0.717, 1.165) is 19.3 Å². The van der Waals surface area contributed by atoms with Crippen LogP contribution in [-0.2, 0) is 0 Å². The maximum atomic E-state index is 11.8. The number of aromatic nitrogens is 1. The van der Waals surface area contributed by atoms with Crippen LogP contribution in [0, 0.1) is 0 Å². The van der Waals surface area contributed by atoms with Crippen molar-refractivity contribution in [2.45, 2.75) is 32.2 Å². The van der Waals surface area contributed by atoms with Gasteiger partial charge in [0.1, 0.15) is 5.75 Å². The first-order valence-corrected chi connectivity index (χ1v) is 5.84. The highest BCUT2D eigenvalue weighted by Crippen LogP contribution is 2.12. The lowest BCUT2D eigenvalue weighted by Crippen LogP contribution is -2.40. The van der Waals surface area contributed by atoms with Crippen molar-refractivity contribution in [2.75, 3.05) is 6.54 Å². The predicted molar refractivity (Wildman–Crippen MR) is 65.7 cm³/mol. The van der Waals surface area contributed by atoms with Gasteiger partial charge in [0.25, 0.3) is 5.91 Å². The summed E-state index contributed by atoms with van der Waals surface area (Å²) in [5.74, 6) is -0.495. The van der Waals surface area contributed by atoms with Crippen LogP contribution in [0.2, 0.25) is 0 Å². The zero-order chi connectivity index (χ0) is 12.7. The Balaban J connectivity index is 2.61. The Kier molecular flexibility index (Phi) is 5.42. The lowest BCUT2D eigenvalue weighted by molar-refractivity contribution is 0.0927. The molecule has 1 unspecified atom stereocenters. The largest absolute Gasteiger partial charge is 0.505 e. The van der Waals surface area contributed by atoms with Crippen LogP contribution in [0.15, 0.2) is 18.3 Å². The molecule has 0 saturated heterocycles. The molecule has 1 aromatic heterocycles. The molecule has 5 nitrogen and oxygen atoms in total. The molecule has 17 heavy (non-hydrogen) atoms. The van der Waals surface area contributed by atoms with E-state index >= 15 is 0 Å². The summed E-state index contributed by atoms with van der Waals surface area (Å²) >= 11 is 0. The minimum atomic E-state index is -0.380. The average Bonchev–Trinajstić information content (AvgIpc) is 2.34. The van der Waals surface area contributed by atoms with E-state index in [1.807, 2.05) is 0 Å². The van der Waals surface area contributed by atoms with Crippen LogP contribution in [-0.4, -0.2) is 28.6 Å². The molecule has 1 amide bonds. The van der Waals surface area contributed by atoms with Crippen molar-refractivity contribution >= 4 is 5.91 Å². The molecule has 1 heterocycles. The lowest BCUT2D eigenvalue weighted by Gasteiger charge is -2.16. The van der Waals surface area contributed by atoms with Crippen molar-refractivity contribution in [3.63, 3.8) is 0 Å². The topological polar surface area (TPSA) is 88.2 Å². The van der Waals surface area contributed by atoms with Crippen molar-refractivity contribution < 1.29 is 9.90 Å². The SMILES string of the molecule is CCCCC(CN)NC(=O)c1ncccc1O. The first-order chi connectivity index (χ1) is 8.19. The highest BCUT2D eigenvalue weighted by molar-refractivity contribution is 5.94. The van der Waals surface area contributed by atoms with Crippen molar-refractivity contribution in [2.24, 2.45) is 5.73 Å². The third-order valence-electron chi connectivity index (χ3n) is 2.53. The van der Waals surface area contributed by atoms with E-state index < -0.39 is 0 Å². The Morgan fingerprint density at radius 2 is 2.41 bits per heavy atom. The number of hydrogen-bond acceptors (Lipinski definition) is 4. The molecule has 0 saturated carbocycles. The molecule has 0 fully saturated rings. The maximum absolute atomic E-state index is 11.8. The van der Waals surface area contributed by atoms with E-state index in [-0.39, 0.29) is 23.4 Å². The Morgan fingerprint density at radius 1 is 1.65 bits per heavy atom. The number of hydrogen-bond donors (Lipinski definition) is 3. The normalized spacial score (nSPS) is 12.1. The minimum Gasteiger partial charge on any atom is -0.505 e. The van der Waals surface area contributed by atoms with Crippen LogP contribution < -0.4 is 11.1 Å². The van der Waals surface area contributed by atoms with Crippen LogP contribution >= 0.6 is 0 Å². The van der Waals surface area contributed by atoms with Gasteiger partial charge in [0.2, 0.25) is 0 Å². The quantitative estimate of drug-likeness (QED) is 0.689. The first kappa shape index (κ1) is 13.4. The van der Waals surface area contributed by atoms with Gasteiger partial charge in [-0.3, -0.25) is 4.79 Å². The van der Waals surface area contributed by atoms with Crippen molar-refractivity contribution in [3.05, 3.63) is 24.0 Å². The summed E-state index contributed by atoms with van der Waals surface area (Å²) in [4.78, 5) is 15.7. The Bertz CT molecular complexity index is 369. The number of amides is 1. The fourth-order valence-electron chi connectivity index (χ4n) is 1.52. The molecule has 4 N–H and O–H groups in total. The predicted octanol–water partition coefficient (Wildman–Crippen LogP) is 1.03. The van der Waals surface area contributed by atoms with Crippen molar-refractivity contribution in [1.29, 1.82) is 0 Å². The van der Waals surface area contributed by atoms with E-state index in [1.54, 1.807) is 6.07 Å². The van der Waals surface area contributed by atoms with E-state index in [1.165, 1.54) is 12.3 Å². The zero-order valence-corrected chi connectivity index (χ0v) is 10.0. The summed E-state index contributed by atoms with van der Waals surface area (Å²) < 4.78 is 0. The molecule has 0 spiro atoms. The van der Waals surface area contributed by atoms with Gasteiger partial charge in [0.15, 0.2) is 5.69 Å². The van der Waals surface area contributed by atoms with Gasteiger partial charge in [-0.15, -0.1) is 0 Å². The monoisotopic (exact) mass is 237 g/mol. The number of unbranched alkanes of at least 4 members (excludes halogenated alkanes) is 1. The van der Waals surface area contributed by atoms with Gasteiger partial charge < -0.3 is 16.2 Å². The molecule has 1 atom stereocenters. The van der Waals surface area contributed by atoms with Crippen LogP contribution in [0.5, 0.6) is 5.75 Å². The molecular weight excluding hydrogens is 218 g/mol. The summed E-state index contributed by atoms with van der Waals surface area (Å²) in [6.45, 7) is 2.47. The average molecular weight is 237 g/mol. The summed E-state index contributed by atoms with van der Waals surface area (Å²) in [7, 11) is 0. The van der Waals surface area contributed by atoms with E-state index in [4.69, 9.17) is 5.73 Å². The second-order valence-corrected chi connectivity index (χ2v) is 3.92.